The molecule has 0 unspecified atom stereocenters. The van der Waals surface area contributed by atoms with E-state index in [1.807, 2.05) is 14.1 Å². The average Bonchev–Trinajstić information content (AvgIpc) is 3.14. The molecule has 0 bridgehead atoms. The molecule has 1 N–H and O–H groups in total. The second kappa shape index (κ2) is 13.0. The SMILES string of the molecule is CN(C)C1CCN(C(=O)/C=C2/c3ccccc3N(C(=O)c3ccc(NC(=O)c4ccccc4C(F)(F)F)cc3)CCC2(F)F)CC1. The lowest BCUT2D eigenvalue weighted by Crippen LogP contribution is -2.44. The second-order valence-corrected chi connectivity index (χ2v) is 11.6. The zero-order valence-electron chi connectivity index (χ0n) is 25.3. The van der Waals surface area contributed by atoms with Gasteiger partial charge in [0.15, 0.2) is 0 Å². The molecule has 0 saturated carbocycles. The van der Waals surface area contributed by atoms with Gasteiger partial charge in [0.05, 0.1) is 16.8 Å². The number of halogens is 5. The van der Waals surface area contributed by atoms with Crippen molar-refractivity contribution in [1.29, 1.82) is 0 Å². The number of piperidine rings is 1. The van der Waals surface area contributed by atoms with Crippen LogP contribution in [0.15, 0.2) is 78.9 Å². The van der Waals surface area contributed by atoms with Gasteiger partial charge in [0.25, 0.3) is 17.7 Å². The van der Waals surface area contributed by atoms with Crippen LogP contribution in [0.25, 0.3) is 5.57 Å². The molecule has 0 radical (unpaired) electrons. The first-order chi connectivity index (χ1) is 21.8. The van der Waals surface area contributed by atoms with Gasteiger partial charge in [-0.15, -0.1) is 0 Å². The van der Waals surface area contributed by atoms with Gasteiger partial charge < -0.3 is 20.0 Å². The Morgan fingerprint density at radius 2 is 1.52 bits per heavy atom. The summed E-state index contributed by atoms with van der Waals surface area (Å²) in [4.78, 5) is 44.4. The normalized spacial score (nSPS) is 17.9. The van der Waals surface area contributed by atoms with Gasteiger partial charge in [-0.2, -0.15) is 13.2 Å². The van der Waals surface area contributed by atoms with Gasteiger partial charge in [0, 0.05) is 60.6 Å². The summed E-state index contributed by atoms with van der Waals surface area (Å²) in [7, 11) is 3.93. The fourth-order valence-corrected chi connectivity index (χ4v) is 5.83. The van der Waals surface area contributed by atoms with Crippen molar-refractivity contribution < 1.29 is 36.3 Å². The highest BCUT2D eigenvalue weighted by Gasteiger charge is 2.42. The van der Waals surface area contributed by atoms with Gasteiger partial charge in [-0.05, 0) is 69.4 Å². The van der Waals surface area contributed by atoms with Gasteiger partial charge in [-0.1, -0.05) is 30.3 Å². The first-order valence-corrected chi connectivity index (χ1v) is 14.8. The molecule has 3 amide bonds. The maximum atomic E-state index is 15.7. The fraction of sp³-hybridized carbons (Fsp3) is 0.324. The number of nitrogens with one attached hydrogen (secondary N) is 1. The number of nitrogens with zero attached hydrogens (tertiary/aromatic N) is 3. The summed E-state index contributed by atoms with van der Waals surface area (Å²) in [6.07, 6.45) is -2.98. The Bertz CT molecular complexity index is 1640. The summed E-state index contributed by atoms with van der Waals surface area (Å²) in [5.41, 5.74) is -1.55. The zero-order valence-corrected chi connectivity index (χ0v) is 25.3. The van der Waals surface area contributed by atoms with Crippen molar-refractivity contribution in [2.75, 3.05) is 43.9 Å². The summed E-state index contributed by atoms with van der Waals surface area (Å²) in [5.74, 6) is -5.48. The molecule has 242 valence electrons. The van der Waals surface area contributed by atoms with E-state index < -0.39 is 52.9 Å². The number of hydrogen-bond donors (Lipinski definition) is 1. The molecule has 0 aromatic heterocycles. The molecule has 7 nitrogen and oxygen atoms in total. The minimum atomic E-state index is -4.73. The van der Waals surface area contributed by atoms with Crippen LogP contribution in [-0.2, 0) is 11.0 Å². The number of hydrogen-bond acceptors (Lipinski definition) is 4. The van der Waals surface area contributed by atoms with Crippen LogP contribution in [0.1, 0.15) is 51.1 Å². The van der Waals surface area contributed by atoms with Crippen molar-refractivity contribution >= 4 is 34.7 Å². The quantitative estimate of drug-likeness (QED) is 0.253. The summed E-state index contributed by atoms with van der Waals surface area (Å²) >= 11 is 0. The molecular formula is C34H33F5N4O3. The van der Waals surface area contributed by atoms with Gasteiger partial charge in [0.1, 0.15) is 0 Å². The van der Waals surface area contributed by atoms with E-state index in [-0.39, 0.29) is 29.0 Å². The van der Waals surface area contributed by atoms with Gasteiger partial charge in [0.2, 0.25) is 5.91 Å². The van der Waals surface area contributed by atoms with Crippen LogP contribution in [0.3, 0.4) is 0 Å². The van der Waals surface area contributed by atoms with E-state index in [1.54, 1.807) is 23.1 Å². The average molecular weight is 641 g/mol. The Kier molecular flexibility index (Phi) is 9.29. The molecule has 0 aliphatic carbocycles. The molecule has 0 atom stereocenters. The molecule has 12 heteroatoms. The van der Waals surface area contributed by atoms with Crippen LogP contribution in [0, 0.1) is 0 Å². The second-order valence-electron chi connectivity index (χ2n) is 11.6. The molecule has 1 saturated heterocycles. The van der Waals surface area contributed by atoms with E-state index in [4.69, 9.17) is 0 Å². The number of carbonyl (C=O) groups is 3. The Labute approximate surface area is 263 Å². The van der Waals surface area contributed by atoms with E-state index in [0.717, 1.165) is 31.1 Å². The molecule has 46 heavy (non-hydrogen) atoms. The lowest BCUT2D eigenvalue weighted by molar-refractivity contribution is -0.138. The Hall–Kier alpha value is -4.58. The van der Waals surface area contributed by atoms with Crippen molar-refractivity contribution in [3.8, 4) is 0 Å². The lowest BCUT2D eigenvalue weighted by Gasteiger charge is -2.35. The molecule has 0 spiro atoms. The molecule has 3 aromatic carbocycles. The highest BCUT2D eigenvalue weighted by atomic mass is 19.4. The van der Waals surface area contributed by atoms with Crippen LogP contribution < -0.4 is 10.2 Å². The van der Waals surface area contributed by atoms with E-state index >= 15 is 8.78 Å². The molecule has 2 heterocycles. The zero-order chi connectivity index (χ0) is 33.2. The predicted octanol–water partition coefficient (Wildman–Crippen LogP) is 6.58. The van der Waals surface area contributed by atoms with E-state index in [0.29, 0.717) is 19.1 Å². The number of allylic oxidation sites excluding steroid dienone is 1. The van der Waals surface area contributed by atoms with E-state index in [2.05, 4.69) is 10.2 Å². The molecule has 3 aromatic rings. The number of para-hydroxylation sites is 1. The Balaban J connectivity index is 1.37. The molecule has 5 rings (SSSR count). The number of carbonyl (C=O) groups excluding carboxylic acids is 3. The standard InChI is InChI=1S/C34H33F5N4O3/c1-41(2)24-15-18-42(19-16-24)30(44)21-28-25-7-4-6-10-29(25)43(20-17-33(28,35)36)32(46)22-11-13-23(14-12-22)40-31(45)26-8-3-5-9-27(26)34(37,38)39/h3-14,21,24H,15-20H2,1-2H3,(H,40,45)/b28-21-. The van der Waals surface area contributed by atoms with E-state index in [1.165, 1.54) is 47.4 Å². The minimum absolute atomic E-state index is 0.0714. The van der Waals surface area contributed by atoms with Crippen LogP contribution in [-0.4, -0.2) is 73.2 Å². The predicted molar refractivity (Wildman–Crippen MR) is 165 cm³/mol. The van der Waals surface area contributed by atoms with Crippen LogP contribution in [0.4, 0.5) is 33.3 Å². The highest BCUT2D eigenvalue weighted by molar-refractivity contribution is 6.10. The van der Waals surface area contributed by atoms with Crippen molar-refractivity contribution in [3.63, 3.8) is 0 Å². The van der Waals surface area contributed by atoms with Crippen LogP contribution in [0.2, 0.25) is 0 Å². The monoisotopic (exact) mass is 640 g/mol. The number of alkyl halides is 5. The lowest BCUT2D eigenvalue weighted by atomic mass is 9.96. The highest BCUT2D eigenvalue weighted by Crippen LogP contribution is 2.43. The van der Waals surface area contributed by atoms with Crippen molar-refractivity contribution in [3.05, 3.63) is 101 Å². The van der Waals surface area contributed by atoms with Crippen molar-refractivity contribution in [1.82, 2.24) is 9.80 Å². The summed E-state index contributed by atoms with van der Waals surface area (Å²) in [5, 5.41) is 2.40. The van der Waals surface area contributed by atoms with Crippen molar-refractivity contribution in [2.24, 2.45) is 0 Å². The Morgan fingerprint density at radius 3 is 2.17 bits per heavy atom. The number of rotatable bonds is 5. The molecule has 1 fully saturated rings. The third kappa shape index (κ3) is 6.96. The smallest absolute Gasteiger partial charge is 0.339 e. The third-order valence-corrected chi connectivity index (χ3v) is 8.41. The topological polar surface area (TPSA) is 73.0 Å². The minimum Gasteiger partial charge on any atom is -0.339 e. The first-order valence-electron chi connectivity index (χ1n) is 14.8. The number of benzene rings is 3. The van der Waals surface area contributed by atoms with Crippen LogP contribution >= 0.6 is 0 Å². The number of amides is 3. The number of anilines is 2. The van der Waals surface area contributed by atoms with Crippen LogP contribution in [0.5, 0.6) is 0 Å². The van der Waals surface area contributed by atoms with Crippen molar-refractivity contribution in [2.45, 2.75) is 37.4 Å². The Morgan fingerprint density at radius 1 is 0.891 bits per heavy atom. The summed E-state index contributed by atoms with van der Waals surface area (Å²) in [6, 6.07) is 16.3. The van der Waals surface area contributed by atoms with E-state index in [9.17, 15) is 27.6 Å². The largest absolute Gasteiger partial charge is 0.417 e. The maximum Gasteiger partial charge on any atom is 0.417 e. The molecule has 2 aliphatic rings. The summed E-state index contributed by atoms with van der Waals surface area (Å²) < 4.78 is 71.4. The number of fused-ring (bicyclic) bond motifs is 1. The maximum absolute atomic E-state index is 15.7. The van der Waals surface area contributed by atoms with Gasteiger partial charge in [-0.25, -0.2) is 8.78 Å². The first kappa shape index (κ1) is 32.8. The molecule has 2 aliphatic heterocycles. The fourth-order valence-electron chi connectivity index (χ4n) is 5.83. The number of likely N-dealkylation sites (tertiary alicyclic amines) is 1. The van der Waals surface area contributed by atoms with Gasteiger partial charge >= 0.3 is 6.18 Å². The third-order valence-electron chi connectivity index (χ3n) is 8.41. The summed E-state index contributed by atoms with van der Waals surface area (Å²) in [6.45, 7) is 0.568. The van der Waals surface area contributed by atoms with Gasteiger partial charge in [-0.3, -0.25) is 14.4 Å². The molecular weight excluding hydrogens is 607 g/mol.